The fraction of sp³-hybridized carbons (Fsp3) is 0.571. The quantitative estimate of drug-likeness (QED) is 0.898. The van der Waals surface area contributed by atoms with Crippen molar-refractivity contribution in [2.24, 2.45) is 5.73 Å². The lowest BCUT2D eigenvalue weighted by atomic mass is 9.91. The summed E-state index contributed by atoms with van der Waals surface area (Å²) in [6.07, 6.45) is 4.27. The van der Waals surface area contributed by atoms with Gasteiger partial charge in [0.15, 0.2) is 11.6 Å². The lowest BCUT2D eigenvalue weighted by Crippen LogP contribution is -2.38. The molecule has 0 bridgehead atoms. The summed E-state index contributed by atoms with van der Waals surface area (Å²) in [6, 6.07) is 4.94. The van der Waals surface area contributed by atoms with E-state index in [0.717, 1.165) is 31.2 Å². The van der Waals surface area contributed by atoms with Gasteiger partial charge in [-0.25, -0.2) is 8.78 Å². The van der Waals surface area contributed by atoms with Crippen LogP contribution in [0.2, 0.25) is 0 Å². The van der Waals surface area contributed by atoms with Crippen molar-refractivity contribution >= 4 is 0 Å². The maximum Gasteiger partial charge on any atom is 0.159 e. The molecule has 1 saturated carbocycles. The molecule has 0 heterocycles. The Kier molecular flexibility index (Phi) is 4.30. The van der Waals surface area contributed by atoms with E-state index >= 15 is 0 Å². The van der Waals surface area contributed by atoms with Crippen molar-refractivity contribution in [3.63, 3.8) is 0 Å². The molecule has 2 nitrogen and oxygen atoms in total. The Morgan fingerprint density at radius 1 is 1.17 bits per heavy atom. The molecule has 1 aromatic carbocycles. The fourth-order valence-electron chi connectivity index (χ4n) is 2.60. The van der Waals surface area contributed by atoms with Crippen molar-refractivity contribution in [1.82, 2.24) is 4.90 Å². The van der Waals surface area contributed by atoms with E-state index in [1.54, 1.807) is 6.07 Å². The van der Waals surface area contributed by atoms with Crippen molar-refractivity contribution in [3.8, 4) is 0 Å². The van der Waals surface area contributed by atoms with Crippen molar-refractivity contribution in [1.29, 1.82) is 0 Å². The van der Waals surface area contributed by atoms with E-state index in [2.05, 4.69) is 4.90 Å². The molecule has 1 aliphatic rings. The number of hydrogen-bond acceptors (Lipinski definition) is 2. The third kappa shape index (κ3) is 3.27. The maximum atomic E-state index is 13.1. The standard InChI is InChI=1S/C14H20F2N2/c1-18(12-5-3-11(17)4-6-12)9-10-2-7-13(15)14(16)8-10/h2,7-8,11-12H,3-6,9,17H2,1H3. The van der Waals surface area contributed by atoms with Gasteiger partial charge >= 0.3 is 0 Å². The predicted octanol–water partition coefficient (Wildman–Crippen LogP) is 2.67. The van der Waals surface area contributed by atoms with Crippen LogP contribution in [0.15, 0.2) is 18.2 Å². The summed E-state index contributed by atoms with van der Waals surface area (Å²) in [5.74, 6) is -1.56. The minimum absolute atomic E-state index is 0.331. The average Bonchev–Trinajstić information content (AvgIpc) is 2.34. The van der Waals surface area contributed by atoms with Gasteiger partial charge in [-0.15, -0.1) is 0 Å². The zero-order valence-corrected chi connectivity index (χ0v) is 10.7. The SMILES string of the molecule is CN(Cc1ccc(F)c(F)c1)C1CCC(N)CC1. The summed E-state index contributed by atoms with van der Waals surface area (Å²) in [5.41, 5.74) is 6.69. The minimum atomic E-state index is -0.787. The summed E-state index contributed by atoms with van der Waals surface area (Å²) < 4.78 is 25.9. The first kappa shape index (κ1) is 13.4. The van der Waals surface area contributed by atoms with Crippen LogP contribution in [0.5, 0.6) is 0 Å². The highest BCUT2D eigenvalue weighted by molar-refractivity contribution is 5.17. The number of halogens is 2. The number of benzene rings is 1. The van der Waals surface area contributed by atoms with Crippen molar-refractivity contribution in [2.75, 3.05) is 7.05 Å². The van der Waals surface area contributed by atoms with Crippen LogP contribution < -0.4 is 5.73 Å². The van der Waals surface area contributed by atoms with E-state index in [4.69, 9.17) is 5.73 Å². The van der Waals surface area contributed by atoms with Crippen molar-refractivity contribution in [3.05, 3.63) is 35.4 Å². The van der Waals surface area contributed by atoms with Gasteiger partial charge in [-0.3, -0.25) is 4.90 Å². The molecule has 1 aromatic rings. The predicted molar refractivity (Wildman–Crippen MR) is 68.1 cm³/mol. The molecule has 0 atom stereocenters. The molecule has 18 heavy (non-hydrogen) atoms. The molecule has 0 saturated heterocycles. The summed E-state index contributed by atoms with van der Waals surface area (Å²) in [6.45, 7) is 0.650. The highest BCUT2D eigenvalue weighted by atomic mass is 19.2. The van der Waals surface area contributed by atoms with Gasteiger partial charge in [-0.05, 0) is 50.4 Å². The highest BCUT2D eigenvalue weighted by Crippen LogP contribution is 2.22. The summed E-state index contributed by atoms with van der Waals surface area (Å²) in [4.78, 5) is 2.21. The molecule has 0 spiro atoms. The van der Waals surface area contributed by atoms with Crippen LogP contribution >= 0.6 is 0 Å². The smallest absolute Gasteiger partial charge is 0.159 e. The van der Waals surface area contributed by atoms with E-state index in [1.807, 2.05) is 7.05 Å². The Morgan fingerprint density at radius 3 is 2.44 bits per heavy atom. The third-order valence-electron chi connectivity index (χ3n) is 3.78. The monoisotopic (exact) mass is 254 g/mol. The van der Waals surface area contributed by atoms with Crippen molar-refractivity contribution in [2.45, 2.75) is 44.3 Å². The van der Waals surface area contributed by atoms with Crippen LogP contribution in [0.25, 0.3) is 0 Å². The number of nitrogens with two attached hydrogens (primary N) is 1. The molecule has 2 N–H and O–H groups in total. The second kappa shape index (κ2) is 5.76. The summed E-state index contributed by atoms with van der Waals surface area (Å²) in [5, 5.41) is 0. The Morgan fingerprint density at radius 2 is 1.83 bits per heavy atom. The largest absolute Gasteiger partial charge is 0.328 e. The third-order valence-corrected chi connectivity index (χ3v) is 3.78. The maximum absolute atomic E-state index is 13.1. The summed E-state index contributed by atoms with van der Waals surface area (Å²) >= 11 is 0. The highest BCUT2D eigenvalue weighted by Gasteiger charge is 2.22. The van der Waals surface area contributed by atoms with Gasteiger partial charge in [0.2, 0.25) is 0 Å². The average molecular weight is 254 g/mol. The minimum Gasteiger partial charge on any atom is -0.328 e. The Bertz CT molecular complexity index is 401. The van der Waals surface area contributed by atoms with E-state index in [1.165, 1.54) is 12.1 Å². The van der Waals surface area contributed by atoms with Crippen molar-refractivity contribution < 1.29 is 8.78 Å². The first-order chi connectivity index (χ1) is 8.56. The fourth-order valence-corrected chi connectivity index (χ4v) is 2.60. The molecule has 0 radical (unpaired) electrons. The topological polar surface area (TPSA) is 29.3 Å². The first-order valence-electron chi connectivity index (χ1n) is 6.46. The Hall–Kier alpha value is -1.00. The second-order valence-corrected chi connectivity index (χ2v) is 5.23. The van der Waals surface area contributed by atoms with Gasteiger partial charge in [-0.1, -0.05) is 6.07 Å². The van der Waals surface area contributed by atoms with Gasteiger partial charge in [0.05, 0.1) is 0 Å². The van der Waals surface area contributed by atoms with E-state index in [-0.39, 0.29) is 0 Å². The molecule has 0 amide bonds. The zero-order valence-electron chi connectivity index (χ0n) is 10.7. The molecule has 100 valence electrons. The van der Waals surface area contributed by atoms with Crippen LogP contribution in [0.1, 0.15) is 31.2 Å². The number of rotatable bonds is 3. The number of hydrogen-bond donors (Lipinski definition) is 1. The molecular formula is C14H20F2N2. The van der Waals surface area contributed by atoms with Gasteiger partial charge in [0, 0.05) is 18.6 Å². The molecule has 0 unspecified atom stereocenters. The first-order valence-corrected chi connectivity index (χ1v) is 6.46. The zero-order chi connectivity index (χ0) is 13.1. The van der Waals surface area contributed by atoms with E-state index in [0.29, 0.717) is 18.6 Å². The molecule has 4 heteroatoms. The Labute approximate surface area is 107 Å². The van der Waals surface area contributed by atoms with Gasteiger partial charge in [0.1, 0.15) is 0 Å². The van der Waals surface area contributed by atoms with E-state index in [9.17, 15) is 8.78 Å². The van der Waals surface area contributed by atoms with E-state index < -0.39 is 11.6 Å². The second-order valence-electron chi connectivity index (χ2n) is 5.23. The van der Waals surface area contributed by atoms with Crippen LogP contribution in [-0.4, -0.2) is 24.0 Å². The molecule has 1 fully saturated rings. The molecule has 0 aliphatic heterocycles. The number of nitrogens with zero attached hydrogens (tertiary/aromatic N) is 1. The molecule has 2 rings (SSSR count). The lowest BCUT2D eigenvalue weighted by Gasteiger charge is -2.33. The van der Waals surface area contributed by atoms with Crippen LogP contribution in [0.4, 0.5) is 8.78 Å². The lowest BCUT2D eigenvalue weighted by molar-refractivity contribution is 0.176. The van der Waals surface area contributed by atoms with Crippen LogP contribution in [0.3, 0.4) is 0 Å². The van der Waals surface area contributed by atoms with Crippen LogP contribution in [0, 0.1) is 11.6 Å². The van der Waals surface area contributed by atoms with Gasteiger partial charge < -0.3 is 5.73 Å². The summed E-state index contributed by atoms with van der Waals surface area (Å²) in [7, 11) is 2.03. The van der Waals surface area contributed by atoms with Gasteiger partial charge in [-0.2, -0.15) is 0 Å². The molecule has 1 aliphatic carbocycles. The molecular weight excluding hydrogens is 234 g/mol. The molecule has 0 aromatic heterocycles. The normalized spacial score (nSPS) is 24.5. The van der Waals surface area contributed by atoms with Crippen LogP contribution in [-0.2, 0) is 6.54 Å². The Balaban J connectivity index is 1.94. The van der Waals surface area contributed by atoms with Gasteiger partial charge in [0.25, 0.3) is 0 Å².